The number of aromatic amines is 1. The van der Waals surface area contributed by atoms with Crippen molar-refractivity contribution in [2.45, 2.75) is 112 Å². The van der Waals surface area contributed by atoms with Gasteiger partial charge in [0.25, 0.3) is 0 Å². The van der Waals surface area contributed by atoms with Gasteiger partial charge in [-0.25, -0.2) is 19.9 Å². The Labute approximate surface area is 268 Å². The molecule has 0 aliphatic heterocycles. The molecule has 4 rings (SSSR count). The van der Waals surface area contributed by atoms with Crippen molar-refractivity contribution in [1.82, 2.24) is 29.2 Å². The third-order valence-electron chi connectivity index (χ3n) is 8.30. The van der Waals surface area contributed by atoms with Crippen molar-refractivity contribution >= 4 is 62.4 Å². The molecule has 8 nitrogen and oxygen atoms in total. The van der Waals surface area contributed by atoms with Crippen LogP contribution in [0.1, 0.15) is 106 Å². The van der Waals surface area contributed by atoms with Gasteiger partial charge in [-0.3, -0.25) is 0 Å². The minimum Gasteiger partial charge on any atom is -0.388 e. The zero-order chi connectivity index (χ0) is 31.9. The van der Waals surface area contributed by atoms with Crippen LogP contribution in [0.3, 0.4) is 0 Å². The first kappa shape index (κ1) is 34.8. The average Bonchev–Trinajstić information content (AvgIpc) is 3.43. The zero-order valence-electron chi connectivity index (χ0n) is 27.1. The van der Waals surface area contributed by atoms with Gasteiger partial charge in [-0.05, 0) is 59.3 Å². The minimum absolute atomic E-state index is 0.223. The Morgan fingerprint density at radius 1 is 0.738 bits per heavy atom. The number of H-pyrrole nitrogens is 1. The van der Waals surface area contributed by atoms with E-state index in [-0.39, 0.29) is 10.8 Å². The molecule has 0 bridgehead atoms. The zero-order valence-corrected chi connectivity index (χ0v) is 31.3. The number of nitrogens with zero attached hydrogens (tertiary/aromatic N) is 5. The quantitative estimate of drug-likeness (QED) is 0.171. The first-order valence-electron chi connectivity index (χ1n) is 14.6. The molecule has 4 aromatic heterocycles. The Hall–Kier alpha value is -1.66. The Morgan fingerprint density at radius 2 is 1.19 bits per heavy atom. The Bertz CT molecular complexity index is 1500. The molecule has 4 heterocycles. The second-order valence-corrected chi connectivity index (χ2v) is 21.7. The van der Waals surface area contributed by atoms with Gasteiger partial charge in [0.2, 0.25) is 0 Å². The molecule has 0 fully saturated rings. The Kier molecular flexibility index (Phi) is 10.6. The smallest absolute Gasteiger partial charge is 0.171 e. The molecule has 0 saturated heterocycles. The summed E-state index contributed by atoms with van der Waals surface area (Å²) in [6.45, 7) is 26.2. The summed E-state index contributed by atoms with van der Waals surface area (Å²) in [5.41, 5.74) is 5.97. The van der Waals surface area contributed by atoms with Crippen molar-refractivity contribution in [2.24, 2.45) is 10.8 Å². The maximum atomic E-state index is 11.1. The Morgan fingerprint density at radius 3 is 1.67 bits per heavy atom. The van der Waals surface area contributed by atoms with Crippen molar-refractivity contribution in [3.05, 3.63) is 45.1 Å². The maximum Gasteiger partial charge on any atom is 0.171 e. The fourth-order valence-corrected chi connectivity index (χ4v) is 13.5. The highest BCUT2D eigenvalue weighted by molar-refractivity contribution is 9.10. The highest BCUT2D eigenvalue weighted by Gasteiger charge is 2.47. The van der Waals surface area contributed by atoms with E-state index < -0.39 is 20.4 Å². The summed E-state index contributed by atoms with van der Waals surface area (Å²) >= 11 is 6.74. The van der Waals surface area contributed by atoms with E-state index in [4.69, 9.17) is 9.97 Å². The van der Waals surface area contributed by atoms with Crippen LogP contribution in [0.25, 0.3) is 22.3 Å². The lowest BCUT2D eigenvalue weighted by Crippen LogP contribution is -2.51. The van der Waals surface area contributed by atoms with Crippen molar-refractivity contribution in [2.75, 3.05) is 0 Å². The van der Waals surface area contributed by atoms with Gasteiger partial charge >= 0.3 is 0 Å². The van der Waals surface area contributed by atoms with Crippen LogP contribution in [0.2, 0.25) is 16.6 Å². The van der Waals surface area contributed by atoms with Gasteiger partial charge in [-0.1, -0.05) is 83.1 Å². The first-order valence-corrected chi connectivity index (χ1v) is 18.4. The number of rotatable bonds is 6. The van der Waals surface area contributed by atoms with Crippen molar-refractivity contribution in [3.8, 4) is 0 Å². The maximum absolute atomic E-state index is 11.1. The highest BCUT2D eigenvalue weighted by Crippen LogP contribution is 2.46. The largest absolute Gasteiger partial charge is 0.388 e. The minimum atomic E-state index is -1.98. The van der Waals surface area contributed by atoms with E-state index in [0.29, 0.717) is 31.5 Å². The third-order valence-corrected chi connectivity index (χ3v) is 15.8. The van der Waals surface area contributed by atoms with Crippen LogP contribution in [-0.4, -0.2) is 47.6 Å². The molecule has 42 heavy (non-hydrogen) atoms. The molecule has 0 saturated carbocycles. The van der Waals surface area contributed by atoms with Gasteiger partial charge in [0.15, 0.2) is 19.5 Å². The summed E-state index contributed by atoms with van der Waals surface area (Å²) in [6.07, 6.45) is 6.18. The lowest BCUT2D eigenvalue weighted by Gasteiger charge is -2.44. The predicted molar refractivity (Wildman–Crippen MR) is 182 cm³/mol. The predicted octanol–water partition coefficient (Wildman–Crippen LogP) is 9.10. The van der Waals surface area contributed by atoms with Crippen LogP contribution >= 0.6 is 31.9 Å². The van der Waals surface area contributed by atoms with Gasteiger partial charge in [-0.15, -0.1) is 0 Å². The average molecular weight is 725 g/mol. The van der Waals surface area contributed by atoms with Gasteiger partial charge in [0, 0.05) is 23.5 Å². The molecular weight excluding hydrogens is 676 g/mol. The van der Waals surface area contributed by atoms with Crippen LogP contribution in [-0.2, 0) is 0 Å². The molecule has 4 aromatic rings. The molecule has 0 radical (unpaired) electrons. The van der Waals surface area contributed by atoms with Crippen LogP contribution in [0.15, 0.2) is 34.0 Å². The SMILES string of the molecule is CC(C)(C)C(O)c1c[nH]c2ncc(Br)nc12.CC(C)[Si](C(C)C)(C(C)C)n1cc(C(O)C(C)(C)C)c2nc(Br)cnc21. The molecule has 3 N–H and O–H groups in total. The molecule has 11 heteroatoms. The number of hydrogen-bond acceptors (Lipinski definition) is 6. The highest BCUT2D eigenvalue weighted by atomic mass is 79.9. The van der Waals surface area contributed by atoms with E-state index in [0.717, 1.165) is 27.8 Å². The molecule has 0 aliphatic rings. The lowest BCUT2D eigenvalue weighted by molar-refractivity contribution is 0.0637. The Balaban J connectivity index is 0.000000258. The van der Waals surface area contributed by atoms with Crippen LogP contribution in [0, 0.1) is 10.8 Å². The molecule has 2 unspecified atom stereocenters. The molecular formula is C31H48Br2N6O2Si. The van der Waals surface area contributed by atoms with Gasteiger partial charge in [0.05, 0.1) is 24.6 Å². The fourth-order valence-electron chi connectivity index (χ4n) is 6.35. The number of halogens is 2. The van der Waals surface area contributed by atoms with E-state index in [1.807, 2.05) is 20.8 Å². The number of nitrogens with one attached hydrogen (secondary N) is 1. The number of aromatic nitrogens is 6. The number of fused-ring (bicyclic) bond motifs is 2. The first-order chi connectivity index (χ1) is 19.2. The van der Waals surface area contributed by atoms with Crippen LogP contribution in [0.5, 0.6) is 0 Å². The van der Waals surface area contributed by atoms with Crippen LogP contribution < -0.4 is 0 Å². The number of hydrogen-bond donors (Lipinski definition) is 3. The summed E-state index contributed by atoms with van der Waals surface area (Å²) in [5.74, 6) is 0. The van der Waals surface area contributed by atoms with E-state index >= 15 is 0 Å². The molecule has 0 aliphatic carbocycles. The summed E-state index contributed by atoms with van der Waals surface area (Å²) in [6, 6.07) is 0. The summed E-state index contributed by atoms with van der Waals surface area (Å²) in [7, 11) is -1.98. The van der Waals surface area contributed by atoms with E-state index in [2.05, 4.69) is 120 Å². The second kappa shape index (κ2) is 12.8. The van der Waals surface area contributed by atoms with E-state index in [9.17, 15) is 10.2 Å². The number of aliphatic hydroxyl groups is 2. The summed E-state index contributed by atoms with van der Waals surface area (Å²) < 4.78 is 3.81. The van der Waals surface area contributed by atoms with Gasteiger partial charge in [0.1, 0.15) is 20.2 Å². The van der Waals surface area contributed by atoms with Crippen LogP contribution in [0.4, 0.5) is 0 Å². The normalized spacial score (nSPS) is 14.6. The van der Waals surface area contributed by atoms with Gasteiger partial charge in [-0.2, -0.15) is 0 Å². The van der Waals surface area contributed by atoms with E-state index in [1.165, 1.54) is 0 Å². The monoisotopic (exact) mass is 722 g/mol. The third kappa shape index (κ3) is 6.70. The van der Waals surface area contributed by atoms with Crippen molar-refractivity contribution in [3.63, 3.8) is 0 Å². The standard InChI is InChI=1S/C20H34BrN3OSi.C11H14BrN3O/c1-12(2)26(13(3)4,14(5)6)24-11-15(18(25)20(7,8)9)17-19(24)22-10-16(21)23-17;1-11(2,3)9(16)6-4-13-10-8(6)15-7(12)5-14-10/h10-14,18,25H,1-9H3;4-5,9,16H,1-3H3,(H,13,14). The summed E-state index contributed by atoms with van der Waals surface area (Å²) in [5, 5.41) is 21.3. The van der Waals surface area contributed by atoms with E-state index in [1.54, 1.807) is 18.6 Å². The molecule has 0 amide bonds. The van der Waals surface area contributed by atoms with Gasteiger partial charge < -0.3 is 19.4 Å². The molecule has 0 spiro atoms. The fraction of sp³-hybridized carbons (Fsp3) is 0.613. The topological polar surface area (TPSA) is 113 Å². The summed E-state index contributed by atoms with van der Waals surface area (Å²) in [4.78, 5) is 21.0. The molecule has 232 valence electrons. The molecule has 2 atom stereocenters. The molecule has 0 aromatic carbocycles. The second-order valence-electron chi connectivity index (χ2n) is 14.3. The van der Waals surface area contributed by atoms with Crippen molar-refractivity contribution in [1.29, 1.82) is 0 Å². The van der Waals surface area contributed by atoms with Crippen molar-refractivity contribution < 1.29 is 10.2 Å². The lowest BCUT2D eigenvalue weighted by atomic mass is 9.85. The number of aliphatic hydroxyl groups excluding tert-OH is 2.